The first-order chi connectivity index (χ1) is 19.4. The Morgan fingerprint density at radius 3 is 2.46 bits per heavy atom. The third kappa shape index (κ3) is 6.17. The molecule has 0 radical (unpaired) electrons. The lowest BCUT2D eigenvalue weighted by Crippen LogP contribution is -2.37. The third-order valence-electron chi connectivity index (χ3n) is 8.87. The molecule has 2 aromatic carbocycles. The molecule has 1 saturated carbocycles. The van der Waals surface area contributed by atoms with Gasteiger partial charge in [-0.3, -0.25) is 9.69 Å². The molecule has 218 valence electrons. The number of rotatable bonds is 7. The lowest BCUT2D eigenvalue weighted by Gasteiger charge is -2.39. The Labute approximate surface area is 248 Å². The molecule has 2 unspecified atom stereocenters. The van der Waals surface area contributed by atoms with Gasteiger partial charge in [0, 0.05) is 25.7 Å². The van der Waals surface area contributed by atoms with Crippen molar-refractivity contribution in [2.75, 3.05) is 13.3 Å². The van der Waals surface area contributed by atoms with Gasteiger partial charge in [0.2, 0.25) is 6.79 Å². The maximum atomic E-state index is 13.7. The number of amides is 1. The summed E-state index contributed by atoms with van der Waals surface area (Å²) in [5.74, 6) is 1.75. The highest BCUT2D eigenvalue weighted by atomic mass is 32.1. The number of fused-ring (bicyclic) bond motifs is 3. The highest BCUT2D eigenvalue weighted by Crippen LogP contribution is 2.52. The topological polar surface area (TPSA) is 54.9 Å². The summed E-state index contributed by atoms with van der Waals surface area (Å²) < 4.78 is 11.2. The number of carbonyl (C=O) groups excluding carboxylic acids is 1. The van der Waals surface area contributed by atoms with Gasteiger partial charge in [-0.1, -0.05) is 71.9 Å². The molecule has 1 amide bonds. The molecule has 2 bridgehead atoms. The third-order valence-corrected chi connectivity index (χ3v) is 9.84. The van der Waals surface area contributed by atoms with E-state index >= 15 is 0 Å². The first kappa shape index (κ1) is 28.2. The summed E-state index contributed by atoms with van der Waals surface area (Å²) >= 11 is 1.55. The second kappa shape index (κ2) is 10.4. The van der Waals surface area contributed by atoms with Crippen LogP contribution in [0.4, 0.5) is 0 Å². The molecule has 41 heavy (non-hydrogen) atoms. The minimum Gasteiger partial charge on any atom is -0.454 e. The fourth-order valence-corrected chi connectivity index (χ4v) is 8.26. The first-order valence-corrected chi connectivity index (χ1v) is 15.6. The van der Waals surface area contributed by atoms with Gasteiger partial charge < -0.3 is 14.4 Å². The van der Waals surface area contributed by atoms with Crippen molar-refractivity contribution >= 4 is 17.2 Å². The molecule has 0 spiro atoms. The van der Waals surface area contributed by atoms with E-state index in [1.165, 1.54) is 17.5 Å². The molecule has 2 atom stereocenters. The lowest BCUT2D eigenvalue weighted by atomic mass is 9.65. The average Bonchev–Trinajstić information content (AvgIpc) is 3.60. The number of thiazole rings is 1. The molecule has 7 heteroatoms. The normalized spacial score (nSPS) is 22.9. The number of benzene rings is 2. The Kier molecular flexibility index (Phi) is 7.18. The summed E-state index contributed by atoms with van der Waals surface area (Å²) in [7, 11) is 0. The van der Waals surface area contributed by atoms with Crippen LogP contribution in [-0.4, -0.2) is 40.1 Å². The molecular weight excluding hydrogens is 530 g/mol. The van der Waals surface area contributed by atoms with Crippen LogP contribution >= 0.6 is 11.3 Å². The van der Waals surface area contributed by atoms with Crippen LogP contribution in [0.1, 0.15) is 92.2 Å². The van der Waals surface area contributed by atoms with Gasteiger partial charge in [0.15, 0.2) is 11.5 Å². The van der Waals surface area contributed by atoms with Gasteiger partial charge >= 0.3 is 0 Å². The van der Waals surface area contributed by atoms with Crippen LogP contribution in [0.25, 0.3) is 0 Å². The highest BCUT2D eigenvalue weighted by molar-refractivity contribution is 7.13. The van der Waals surface area contributed by atoms with Crippen LogP contribution in [0.15, 0.2) is 48.7 Å². The lowest BCUT2D eigenvalue weighted by molar-refractivity contribution is 0.0712. The van der Waals surface area contributed by atoms with E-state index in [0.29, 0.717) is 12.6 Å². The zero-order chi connectivity index (χ0) is 29.0. The fraction of sp³-hybridized carbons (Fsp3) is 0.529. The number of likely N-dealkylation sites (tertiary alicyclic amines) is 1. The van der Waals surface area contributed by atoms with Gasteiger partial charge in [-0.15, -0.1) is 11.3 Å². The molecule has 3 heterocycles. The van der Waals surface area contributed by atoms with E-state index in [-0.39, 0.29) is 28.9 Å². The summed E-state index contributed by atoms with van der Waals surface area (Å²) in [6.45, 7) is 17.1. The van der Waals surface area contributed by atoms with Crippen molar-refractivity contribution in [1.29, 1.82) is 0 Å². The molecular formula is C34H43N3O3S. The Morgan fingerprint density at radius 2 is 1.71 bits per heavy atom. The first-order valence-electron chi connectivity index (χ1n) is 14.8. The second-order valence-electron chi connectivity index (χ2n) is 14.5. The quantitative estimate of drug-likeness (QED) is 0.295. The molecule has 3 aliphatic rings. The van der Waals surface area contributed by atoms with Gasteiger partial charge in [0.05, 0.1) is 12.7 Å². The van der Waals surface area contributed by atoms with Gasteiger partial charge in [-0.2, -0.15) is 0 Å². The molecule has 6 rings (SSSR count). The van der Waals surface area contributed by atoms with Crippen LogP contribution in [0, 0.1) is 10.8 Å². The Bertz CT molecular complexity index is 1420. The molecule has 2 fully saturated rings. The van der Waals surface area contributed by atoms with E-state index < -0.39 is 0 Å². The van der Waals surface area contributed by atoms with E-state index in [9.17, 15) is 4.79 Å². The number of nitrogens with zero attached hydrogens (tertiary/aromatic N) is 3. The van der Waals surface area contributed by atoms with Crippen LogP contribution < -0.4 is 9.47 Å². The number of hydrogen-bond acceptors (Lipinski definition) is 6. The molecule has 1 saturated heterocycles. The molecule has 0 N–H and O–H groups in total. The van der Waals surface area contributed by atoms with Crippen molar-refractivity contribution in [3.8, 4) is 11.5 Å². The van der Waals surface area contributed by atoms with Gasteiger partial charge in [0.1, 0.15) is 9.88 Å². The van der Waals surface area contributed by atoms with Crippen LogP contribution in [-0.2, 0) is 25.0 Å². The Morgan fingerprint density at radius 1 is 1.00 bits per heavy atom. The van der Waals surface area contributed by atoms with Crippen molar-refractivity contribution < 1.29 is 14.3 Å². The van der Waals surface area contributed by atoms with Crippen molar-refractivity contribution in [3.05, 3.63) is 75.2 Å². The van der Waals surface area contributed by atoms with Crippen molar-refractivity contribution in [3.63, 3.8) is 0 Å². The predicted molar refractivity (Wildman–Crippen MR) is 163 cm³/mol. The molecule has 2 aliphatic heterocycles. The number of aromatic nitrogens is 1. The number of hydrogen-bond donors (Lipinski definition) is 0. The van der Waals surface area contributed by atoms with Gasteiger partial charge in [0.25, 0.3) is 5.91 Å². The summed E-state index contributed by atoms with van der Waals surface area (Å²) in [5, 5.41) is 0.967. The molecule has 3 aromatic rings. The SMILES string of the molecule is CC1(C)CC2CC(C)(CN2C(=O)c2cnc(CN(Cc3ccc(C(C)(C)C)cc3)Cc3ccc4c(c3)OCO4)s2)C1. The maximum Gasteiger partial charge on any atom is 0.265 e. The fourth-order valence-electron chi connectivity index (χ4n) is 7.35. The smallest absolute Gasteiger partial charge is 0.265 e. The van der Waals surface area contributed by atoms with Gasteiger partial charge in [-0.05, 0) is 64.3 Å². The van der Waals surface area contributed by atoms with Crippen LogP contribution in [0.5, 0.6) is 11.5 Å². The molecule has 1 aliphatic carbocycles. The Balaban J connectivity index is 1.20. The maximum absolute atomic E-state index is 13.7. The minimum absolute atomic E-state index is 0.121. The summed E-state index contributed by atoms with van der Waals surface area (Å²) in [6, 6.07) is 15.4. The van der Waals surface area contributed by atoms with E-state index in [0.717, 1.165) is 59.4 Å². The molecule has 6 nitrogen and oxygen atoms in total. The van der Waals surface area contributed by atoms with Crippen molar-refractivity contribution in [2.24, 2.45) is 10.8 Å². The summed E-state index contributed by atoms with van der Waals surface area (Å²) in [6.07, 6.45) is 5.18. The second-order valence-corrected chi connectivity index (χ2v) is 15.7. The van der Waals surface area contributed by atoms with Crippen molar-refractivity contribution in [1.82, 2.24) is 14.8 Å². The number of carbonyl (C=O) groups is 1. The van der Waals surface area contributed by atoms with E-state index in [1.807, 2.05) is 6.07 Å². The van der Waals surface area contributed by atoms with E-state index in [4.69, 9.17) is 14.5 Å². The monoisotopic (exact) mass is 573 g/mol. The van der Waals surface area contributed by atoms with Crippen LogP contribution in [0.2, 0.25) is 0 Å². The highest BCUT2D eigenvalue weighted by Gasteiger charge is 2.51. The van der Waals surface area contributed by atoms with Crippen molar-refractivity contribution in [2.45, 2.75) is 91.9 Å². The van der Waals surface area contributed by atoms with Gasteiger partial charge in [-0.25, -0.2) is 4.98 Å². The number of ether oxygens (including phenoxy) is 2. The van der Waals surface area contributed by atoms with E-state index in [1.54, 1.807) is 17.5 Å². The molecule has 1 aromatic heterocycles. The zero-order valence-corrected chi connectivity index (χ0v) is 26.1. The largest absolute Gasteiger partial charge is 0.454 e. The van der Waals surface area contributed by atoms with Crippen LogP contribution in [0.3, 0.4) is 0 Å². The Hall–Kier alpha value is -2.90. The zero-order valence-electron chi connectivity index (χ0n) is 25.3. The summed E-state index contributed by atoms with van der Waals surface area (Å²) in [5.41, 5.74) is 4.37. The predicted octanol–water partition coefficient (Wildman–Crippen LogP) is 7.41. The average molecular weight is 574 g/mol. The summed E-state index contributed by atoms with van der Waals surface area (Å²) in [4.78, 5) is 23.7. The van der Waals surface area contributed by atoms with E-state index in [2.05, 4.69) is 87.7 Å². The standard InChI is InChI=1S/C34H43N3O3S/c1-32(2,3)25-10-7-23(8-11-25)17-36(18-24-9-12-27-28(13-24)40-22-39-27)19-30-35-16-29(41-30)31(38)37-21-34(6)15-26(37)14-33(4,5)20-34/h7-13,16,26H,14-15,17-22H2,1-6H3. The minimum atomic E-state index is 0.121.